The Hall–Kier alpha value is -0.341. The Morgan fingerprint density at radius 1 is 0.679 bits per heavy atom. The van der Waals surface area contributed by atoms with Crippen LogP contribution in [-0.2, 0) is 23.6 Å². The molecule has 28 heavy (non-hydrogen) atoms. The molecule has 0 spiro atoms. The van der Waals surface area contributed by atoms with Crippen LogP contribution in [0.1, 0.15) is 76.7 Å². The van der Waals surface area contributed by atoms with E-state index in [1.807, 2.05) is 30.3 Å². The summed E-state index contributed by atoms with van der Waals surface area (Å²) in [5.41, 5.74) is 1.48. The third-order valence-electron chi connectivity index (χ3n) is 5.01. The van der Waals surface area contributed by atoms with Crippen LogP contribution < -0.4 is 17.0 Å². The maximum atomic E-state index is 2.36. The Balaban J connectivity index is 0. The first-order chi connectivity index (χ1) is 12.6. The van der Waals surface area contributed by atoms with Gasteiger partial charge in [0.25, 0.3) is 0 Å². The van der Waals surface area contributed by atoms with Crippen LogP contribution in [0, 0.1) is 0 Å². The SMILES string of the molecule is CCCCCCCCCCCC[N+](C)(C)C[c-]1cccc1.[Br-].[Fe].[cH-]1[cH-][cH-][cH-][cH-]1. The van der Waals surface area contributed by atoms with Gasteiger partial charge in [-0.3, -0.25) is 0 Å². The van der Waals surface area contributed by atoms with Crippen LogP contribution in [0.3, 0.4) is 0 Å². The molecule has 0 N–H and O–H groups in total. The number of nitrogens with zero attached hydrogens (tertiary/aromatic N) is 1. The molecule has 0 saturated heterocycles. The van der Waals surface area contributed by atoms with Gasteiger partial charge in [-0.15, -0.1) is 5.56 Å². The monoisotopic (exact) mass is 491 g/mol. The second kappa shape index (κ2) is 20.0. The first-order valence-electron chi connectivity index (χ1n) is 10.8. The van der Waals surface area contributed by atoms with Crippen molar-refractivity contribution in [2.75, 3.05) is 20.6 Å². The molecule has 0 unspecified atom stereocenters. The average Bonchev–Trinajstić information content (AvgIpc) is 3.32. The molecule has 0 bridgehead atoms. The Morgan fingerprint density at radius 3 is 1.50 bits per heavy atom. The number of rotatable bonds is 13. The first kappa shape index (κ1) is 29.9. The molecule has 0 aliphatic carbocycles. The van der Waals surface area contributed by atoms with Crippen LogP contribution in [0.25, 0.3) is 0 Å². The van der Waals surface area contributed by atoms with Crippen molar-refractivity contribution in [2.45, 2.75) is 77.7 Å². The van der Waals surface area contributed by atoms with E-state index in [0.717, 1.165) is 4.48 Å². The van der Waals surface area contributed by atoms with E-state index in [1.165, 1.54) is 82.9 Å². The standard InChI is InChI=1S/C20H37N.C5H5.BrH.Fe/c1-4-5-6-7-8-9-10-11-12-15-18-21(2,3)19-20-16-13-14-17-20;1-2-4-5-3-1;;/h13-14,16-17H,4-12,15,18-19H2,1-3H3;1-5H;1H;/q;-5;;/p-1. The Labute approximate surface area is 196 Å². The zero-order chi connectivity index (χ0) is 18.9. The predicted molar refractivity (Wildman–Crippen MR) is 117 cm³/mol. The molecule has 0 saturated carbocycles. The van der Waals surface area contributed by atoms with Gasteiger partial charge in [0.15, 0.2) is 0 Å². The number of hydrogen-bond donors (Lipinski definition) is 0. The molecule has 2 aromatic rings. The van der Waals surface area contributed by atoms with E-state index in [0.29, 0.717) is 0 Å². The largest absolute Gasteiger partial charge is 1.00 e. The summed E-state index contributed by atoms with van der Waals surface area (Å²) >= 11 is 0. The van der Waals surface area contributed by atoms with E-state index in [1.54, 1.807) is 0 Å². The van der Waals surface area contributed by atoms with Crippen LogP contribution in [0.5, 0.6) is 0 Å². The minimum absolute atomic E-state index is 0. The van der Waals surface area contributed by atoms with Gasteiger partial charge >= 0.3 is 0 Å². The molecule has 2 aromatic carbocycles. The average molecular weight is 492 g/mol. The van der Waals surface area contributed by atoms with Gasteiger partial charge in [-0.1, -0.05) is 58.3 Å². The van der Waals surface area contributed by atoms with E-state index in [4.69, 9.17) is 0 Å². The van der Waals surface area contributed by atoms with E-state index >= 15 is 0 Å². The molecule has 0 heterocycles. The third-order valence-corrected chi connectivity index (χ3v) is 5.01. The fourth-order valence-electron chi connectivity index (χ4n) is 3.44. The summed E-state index contributed by atoms with van der Waals surface area (Å²) in [6, 6.07) is 18.8. The molecule has 0 amide bonds. The molecular formula is C25H42BrFeN-6. The van der Waals surface area contributed by atoms with E-state index in [-0.39, 0.29) is 34.1 Å². The van der Waals surface area contributed by atoms with Crippen molar-refractivity contribution >= 4 is 0 Å². The van der Waals surface area contributed by atoms with Gasteiger partial charge in [0.05, 0.1) is 27.2 Å². The van der Waals surface area contributed by atoms with Crippen LogP contribution >= 0.6 is 0 Å². The Kier molecular flexibility index (Phi) is 21.3. The van der Waals surface area contributed by atoms with Gasteiger partial charge in [-0.25, -0.2) is 12.1 Å². The van der Waals surface area contributed by atoms with Crippen molar-refractivity contribution in [2.24, 2.45) is 0 Å². The quantitative estimate of drug-likeness (QED) is 0.169. The molecule has 0 aliphatic rings. The zero-order valence-electron chi connectivity index (χ0n) is 18.4. The van der Waals surface area contributed by atoms with Crippen LogP contribution in [0.4, 0.5) is 0 Å². The summed E-state index contributed by atoms with van der Waals surface area (Å²) in [6.07, 6.45) is 14.3. The van der Waals surface area contributed by atoms with Gasteiger partial charge < -0.3 is 51.8 Å². The second-order valence-electron chi connectivity index (χ2n) is 8.25. The van der Waals surface area contributed by atoms with E-state index in [2.05, 4.69) is 45.3 Å². The molecule has 2 rings (SSSR count). The fourth-order valence-corrected chi connectivity index (χ4v) is 3.44. The fraction of sp³-hybridized carbons (Fsp3) is 0.600. The molecule has 1 nitrogen and oxygen atoms in total. The van der Waals surface area contributed by atoms with Crippen molar-refractivity contribution in [3.05, 3.63) is 60.2 Å². The number of quaternary nitrogens is 1. The summed E-state index contributed by atoms with van der Waals surface area (Å²) in [7, 11) is 4.72. The zero-order valence-corrected chi connectivity index (χ0v) is 21.1. The van der Waals surface area contributed by atoms with Crippen LogP contribution in [0.2, 0.25) is 0 Å². The maximum absolute atomic E-state index is 2.36. The van der Waals surface area contributed by atoms with E-state index < -0.39 is 0 Å². The Bertz CT molecular complexity index is 473. The number of unbranched alkanes of at least 4 members (excludes halogenated alkanes) is 9. The topological polar surface area (TPSA) is 0 Å². The van der Waals surface area contributed by atoms with E-state index in [9.17, 15) is 0 Å². The molecule has 168 valence electrons. The normalized spacial score (nSPS) is 10.4. The molecule has 0 fully saturated rings. The van der Waals surface area contributed by atoms with Crippen LogP contribution in [-0.4, -0.2) is 25.1 Å². The van der Waals surface area contributed by atoms with Crippen molar-refractivity contribution < 1.29 is 38.5 Å². The molecule has 0 aliphatic heterocycles. The van der Waals surface area contributed by atoms with Crippen molar-refractivity contribution in [1.82, 2.24) is 0 Å². The summed E-state index contributed by atoms with van der Waals surface area (Å²) in [5.74, 6) is 0. The summed E-state index contributed by atoms with van der Waals surface area (Å²) < 4.78 is 1.13. The maximum Gasteiger partial charge on any atom is 0.0777 e. The predicted octanol–water partition coefficient (Wildman–Crippen LogP) is 4.31. The molecule has 0 radical (unpaired) electrons. The van der Waals surface area contributed by atoms with Gasteiger partial charge in [0.1, 0.15) is 0 Å². The molecule has 3 heteroatoms. The van der Waals surface area contributed by atoms with Crippen molar-refractivity contribution in [3.63, 3.8) is 0 Å². The minimum Gasteiger partial charge on any atom is -1.00 e. The van der Waals surface area contributed by atoms with Crippen molar-refractivity contribution in [3.8, 4) is 0 Å². The molecular weight excluding hydrogens is 450 g/mol. The smallest absolute Gasteiger partial charge is 0.0777 e. The van der Waals surface area contributed by atoms with Gasteiger partial charge in [-0.2, -0.15) is 12.1 Å². The molecule has 0 aromatic heterocycles. The summed E-state index contributed by atoms with van der Waals surface area (Å²) in [4.78, 5) is 0. The van der Waals surface area contributed by atoms with Gasteiger partial charge in [0.2, 0.25) is 0 Å². The number of halogens is 1. The van der Waals surface area contributed by atoms with Crippen LogP contribution in [0.15, 0.2) is 54.6 Å². The Morgan fingerprint density at radius 2 is 1.07 bits per heavy atom. The van der Waals surface area contributed by atoms with Crippen molar-refractivity contribution in [1.29, 1.82) is 0 Å². The second-order valence-corrected chi connectivity index (χ2v) is 8.25. The summed E-state index contributed by atoms with van der Waals surface area (Å²) in [5, 5.41) is 0. The first-order valence-corrected chi connectivity index (χ1v) is 10.8. The minimum atomic E-state index is 0. The third kappa shape index (κ3) is 17.7. The summed E-state index contributed by atoms with van der Waals surface area (Å²) in [6.45, 7) is 4.77. The number of hydrogen-bond acceptors (Lipinski definition) is 0. The van der Waals surface area contributed by atoms with Gasteiger partial charge in [-0.05, 0) is 12.8 Å². The van der Waals surface area contributed by atoms with Gasteiger partial charge in [0, 0.05) is 17.1 Å². The molecule has 0 atom stereocenters.